The predicted molar refractivity (Wildman–Crippen MR) is 80.1 cm³/mol. The lowest BCUT2D eigenvalue weighted by Crippen LogP contribution is -2.15. The van der Waals surface area contributed by atoms with E-state index in [0.717, 1.165) is 16.5 Å². The number of hydrogen-bond acceptors (Lipinski definition) is 4. The molecule has 0 atom stereocenters. The fraction of sp³-hybridized carbons (Fsp3) is 0.188. The van der Waals surface area contributed by atoms with Crippen molar-refractivity contribution in [3.8, 4) is 0 Å². The lowest BCUT2D eigenvalue weighted by Gasteiger charge is -2.02. The van der Waals surface area contributed by atoms with E-state index in [-0.39, 0.29) is 12.3 Å². The van der Waals surface area contributed by atoms with Gasteiger partial charge in [0, 0.05) is 11.6 Å². The van der Waals surface area contributed by atoms with Crippen LogP contribution in [0.25, 0.3) is 11.0 Å². The van der Waals surface area contributed by atoms with Crippen LogP contribution in [0.1, 0.15) is 16.8 Å². The van der Waals surface area contributed by atoms with E-state index >= 15 is 0 Å². The zero-order valence-corrected chi connectivity index (χ0v) is 11.9. The van der Waals surface area contributed by atoms with Crippen LogP contribution in [-0.2, 0) is 11.2 Å². The van der Waals surface area contributed by atoms with Crippen molar-refractivity contribution in [3.63, 3.8) is 0 Å². The Morgan fingerprint density at radius 1 is 1.24 bits per heavy atom. The van der Waals surface area contributed by atoms with Crippen LogP contribution in [0.2, 0.25) is 0 Å². The lowest BCUT2D eigenvalue weighted by atomic mass is 10.1. The summed E-state index contributed by atoms with van der Waals surface area (Å²) in [7, 11) is 0. The monoisotopic (exact) mass is 281 g/mol. The van der Waals surface area contributed by atoms with E-state index in [1.165, 1.54) is 0 Å². The molecule has 1 amide bonds. The van der Waals surface area contributed by atoms with Gasteiger partial charge in [-0.2, -0.15) is 0 Å². The summed E-state index contributed by atoms with van der Waals surface area (Å²) in [6.45, 7) is 4.05. The highest BCUT2D eigenvalue weighted by Crippen LogP contribution is 2.23. The van der Waals surface area contributed by atoms with Gasteiger partial charge >= 0.3 is 0 Å². The van der Waals surface area contributed by atoms with Gasteiger partial charge < -0.3 is 9.84 Å². The molecule has 0 bridgehead atoms. The number of aromatic nitrogens is 2. The van der Waals surface area contributed by atoms with Gasteiger partial charge in [0.05, 0.1) is 6.42 Å². The minimum absolute atomic E-state index is 0.159. The van der Waals surface area contributed by atoms with E-state index in [2.05, 4.69) is 15.5 Å². The molecule has 1 aromatic carbocycles. The summed E-state index contributed by atoms with van der Waals surface area (Å²) in [5.74, 6) is 0.365. The Morgan fingerprint density at radius 3 is 2.81 bits per heavy atom. The first kappa shape index (κ1) is 13.3. The van der Waals surface area contributed by atoms with Gasteiger partial charge in [0.1, 0.15) is 11.5 Å². The van der Waals surface area contributed by atoms with E-state index in [9.17, 15) is 4.79 Å². The van der Waals surface area contributed by atoms with Crippen LogP contribution in [0, 0.1) is 13.8 Å². The molecule has 3 aromatic rings. The molecule has 0 aliphatic rings. The van der Waals surface area contributed by atoms with E-state index in [1.807, 2.05) is 32.0 Å². The number of fused-ring (bicyclic) bond motifs is 1. The number of hydrogen-bond donors (Lipinski definition) is 1. The van der Waals surface area contributed by atoms with Gasteiger partial charge in [-0.25, -0.2) is 4.98 Å². The number of amides is 1. The fourth-order valence-electron chi connectivity index (χ4n) is 2.15. The molecule has 0 unspecified atom stereocenters. The molecule has 2 aromatic heterocycles. The van der Waals surface area contributed by atoms with E-state index in [0.29, 0.717) is 17.1 Å². The van der Waals surface area contributed by atoms with Gasteiger partial charge in [-0.15, -0.1) is 0 Å². The molecule has 0 aliphatic heterocycles. The molecule has 0 fully saturated rings. The average molecular weight is 281 g/mol. The second kappa shape index (κ2) is 5.36. The van der Waals surface area contributed by atoms with Crippen LogP contribution in [0.3, 0.4) is 0 Å². The maximum atomic E-state index is 12.0. The van der Waals surface area contributed by atoms with Crippen molar-refractivity contribution in [2.24, 2.45) is 0 Å². The summed E-state index contributed by atoms with van der Waals surface area (Å²) in [5, 5.41) is 7.63. The Bertz CT molecular complexity index is 794. The topological polar surface area (TPSA) is 68.0 Å². The number of nitrogens with zero attached hydrogens (tertiary/aromatic N) is 2. The Morgan fingerprint density at radius 2 is 2.05 bits per heavy atom. The van der Waals surface area contributed by atoms with Crippen LogP contribution >= 0.6 is 0 Å². The second-order valence-corrected chi connectivity index (χ2v) is 5.00. The molecule has 1 N–H and O–H groups in total. The second-order valence-electron chi connectivity index (χ2n) is 5.00. The maximum absolute atomic E-state index is 12.0. The summed E-state index contributed by atoms with van der Waals surface area (Å²) >= 11 is 0. The van der Waals surface area contributed by atoms with Crippen LogP contribution in [0.4, 0.5) is 5.82 Å². The molecule has 3 rings (SSSR count). The van der Waals surface area contributed by atoms with Gasteiger partial charge in [0.2, 0.25) is 5.91 Å². The average Bonchev–Trinajstić information content (AvgIpc) is 2.83. The number of carbonyl (C=O) groups is 1. The Hall–Kier alpha value is -2.69. The van der Waals surface area contributed by atoms with Gasteiger partial charge in [-0.1, -0.05) is 11.2 Å². The number of benzene rings is 1. The molecular formula is C16H15N3O2. The minimum Gasteiger partial charge on any atom is -0.356 e. The van der Waals surface area contributed by atoms with Crippen molar-refractivity contribution in [1.82, 2.24) is 10.1 Å². The number of aryl methyl sites for hydroxylation is 2. The standard InChI is InChI=1S/C16H15N3O2/c1-10-7-12-13(19-21-14(12)8-11(10)2)9-16(20)18-15-5-3-4-6-17-15/h3-8H,9H2,1-2H3,(H,17,18,20). The summed E-state index contributed by atoms with van der Waals surface area (Å²) in [6, 6.07) is 9.31. The van der Waals surface area contributed by atoms with Gasteiger partial charge in [0.15, 0.2) is 5.58 Å². The SMILES string of the molecule is Cc1cc2onc(CC(=O)Nc3ccccn3)c2cc1C. The Balaban J connectivity index is 1.82. The van der Waals surface area contributed by atoms with E-state index < -0.39 is 0 Å². The van der Waals surface area contributed by atoms with Crippen molar-refractivity contribution in [1.29, 1.82) is 0 Å². The van der Waals surface area contributed by atoms with Crippen LogP contribution in [0.5, 0.6) is 0 Å². The molecule has 5 nitrogen and oxygen atoms in total. The smallest absolute Gasteiger partial charge is 0.231 e. The van der Waals surface area contributed by atoms with Gasteiger partial charge in [-0.05, 0) is 49.2 Å². The molecular weight excluding hydrogens is 266 g/mol. The predicted octanol–water partition coefficient (Wildman–Crippen LogP) is 3.02. The van der Waals surface area contributed by atoms with Gasteiger partial charge in [0.25, 0.3) is 0 Å². The number of rotatable bonds is 3. The summed E-state index contributed by atoms with van der Waals surface area (Å²) in [5.41, 5.74) is 3.64. The van der Waals surface area contributed by atoms with Crippen molar-refractivity contribution >= 4 is 22.7 Å². The summed E-state index contributed by atoms with van der Waals surface area (Å²) in [4.78, 5) is 16.1. The molecule has 0 saturated carbocycles. The molecule has 2 heterocycles. The highest BCUT2D eigenvalue weighted by molar-refractivity contribution is 5.94. The van der Waals surface area contributed by atoms with Crippen molar-refractivity contribution in [3.05, 3.63) is 53.3 Å². The third-order valence-corrected chi connectivity index (χ3v) is 3.42. The van der Waals surface area contributed by atoms with E-state index in [4.69, 9.17) is 4.52 Å². The highest BCUT2D eigenvalue weighted by Gasteiger charge is 2.13. The van der Waals surface area contributed by atoms with Crippen LogP contribution < -0.4 is 5.32 Å². The van der Waals surface area contributed by atoms with Crippen LogP contribution in [0.15, 0.2) is 41.1 Å². The zero-order chi connectivity index (χ0) is 14.8. The zero-order valence-electron chi connectivity index (χ0n) is 11.9. The quantitative estimate of drug-likeness (QED) is 0.801. The first-order valence-electron chi connectivity index (χ1n) is 6.70. The summed E-state index contributed by atoms with van der Waals surface area (Å²) < 4.78 is 5.29. The molecule has 21 heavy (non-hydrogen) atoms. The minimum atomic E-state index is -0.165. The largest absolute Gasteiger partial charge is 0.356 e. The number of pyridine rings is 1. The molecule has 0 radical (unpaired) electrons. The molecule has 0 aliphatic carbocycles. The Labute approximate surface area is 122 Å². The molecule has 0 saturated heterocycles. The summed E-state index contributed by atoms with van der Waals surface area (Å²) in [6.07, 6.45) is 1.79. The van der Waals surface area contributed by atoms with Crippen molar-refractivity contribution in [2.45, 2.75) is 20.3 Å². The fourth-order valence-corrected chi connectivity index (χ4v) is 2.15. The van der Waals surface area contributed by atoms with E-state index in [1.54, 1.807) is 18.3 Å². The molecule has 5 heteroatoms. The maximum Gasteiger partial charge on any atom is 0.231 e. The third kappa shape index (κ3) is 2.76. The lowest BCUT2D eigenvalue weighted by molar-refractivity contribution is -0.115. The Kier molecular flexibility index (Phi) is 3.39. The highest BCUT2D eigenvalue weighted by atomic mass is 16.5. The van der Waals surface area contributed by atoms with Crippen molar-refractivity contribution in [2.75, 3.05) is 5.32 Å². The third-order valence-electron chi connectivity index (χ3n) is 3.42. The normalized spacial score (nSPS) is 10.8. The molecule has 0 spiro atoms. The number of carbonyl (C=O) groups excluding carboxylic acids is 1. The van der Waals surface area contributed by atoms with Crippen LogP contribution in [-0.4, -0.2) is 16.0 Å². The number of nitrogens with one attached hydrogen (secondary N) is 1. The first-order chi connectivity index (χ1) is 10.1. The van der Waals surface area contributed by atoms with Gasteiger partial charge in [-0.3, -0.25) is 4.79 Å². The number of anilines is 1. The van der Waals surface area contributed by atoms with Crippen molar-refractivity contribution < 1.29 is 9.32 Å². The molecule has 106 valence electrons. The first-order valence-corrected chi connectivity index (χ1v) is 6.70.